The Bertz CT molecular complexity index is 2170. The molecule has 0 bridgehead atoms. The molecule has 0 radical (unpaired) electrons. The van der Waals surface area contributed by atoms with Gasteiger partial charge in [-0.05, 0) is 88.8 Å². The number of fused-ring (bicyclic) bond motifs is 5. The summed E-state index contributed by atoms with van der Waals surface area (Å²) >= 11 is 0. The Morgan fingerprint density at radius 1 is 1.09 bits per heavy atom. The molecule has 3 fully saturated rings. The first kappa shape index (κ1) is 41.7. The summed E-state index contributed by atoms with van der Waals surface area (Å²) in [6.45, 7) is 8.90. The Morgan fingerprint density at radius 2 is 1.83 bits per heavy atom. The third-order valence-electron chi connectivity index (χ3n) is 12.2. The number of sulfonamides is 1. The van der Waals surface area contributed by atoms with E-state index in [0.29, 0.717) is 54.3 Å². The highest BCUT2D eigenvalue weighted by Crippen LogP contribution is 2.49. The van der Waals surface area contributed by atoms with E-state index < -0.39 is 79.5 Å². The van der Waals surface area contributed by atoms with Crippen molar-refractivity contribution in [3.8, 4) is 5.75 Å². The van der Waals surface area contributed by atoms with Crippen LogP contribution in [0.1, 0.15) is 109 Å². The maximum atomic E-state index is 14.7. The maximum absolute atomic E-state index is 14.7. The van der Waals surface area contributed by atoms with Crippen LogP contribution in [0.2, 0.25) is 0 Å². The van der Waals surface area contributed by atoms with E-state index in [1.807, 2.05) is 32.9 Å². The van der Waals surface area contributed by atoms with E-state index in [1.54, 1.807) is 13.8 Å². The lowest BCUT2D eigenvalue weighted by Gasteiger charge is -2.37. The van der Waals surface area contributed by atoms with E-state index in [2.05, 4.69) is 20.3 Å². The van der Waals surface area contributed by atoms with E-state index in [9.17, 15) is 40.8 Å². The van der Waals surface area contributed by atoms with Gasteiger partial charge in [0.05, 0.1) is 34.7 Å². The summed E-state index contributed by atoms with van der Waals surface area (Å²) in [6, 6.07) is 1.05. The number of carbonyl (C=O) groups excluding carboxylic acids is 4. The van der Waals surface area contributed by atoms with Crippen LogP contribution in [0.4, 0.5) is 18.0 Å². The number of amides is 4. The van der Waals surface area contributed by atoms with Crippen molar-refractivity contribution in [2.45, 2.75) is 139 Å². The molecule has 2 aliphatic carbocycles. The molecule has 1 spiro atoms. The average Bonchev–Trinajstić information content (AvgIpc) is 4.03. The van der Waals surface area contributed by atoms with Crippen molar-refractivity contribution in [2.75, 3.05) is 13.2 Å². The summed E-state index contributed by atoms with van der Waals surface area (Å²) in [4.78, 5) is 62.3. The average molecular weight is 832 g/mol. The number of ether oxygens (including phenoxy) is 2. The fourth-order valence-electron chi connectivity index (χ4n) is 8.33. The van der Waals surface area contributed by atoms with Gasteiger partial charge in [-0.25, -0.2) is 18.2 Å². The van der Waals surface area contributed by atoms with Gasteiger partial charge in [0.25, 0.3) is 5.91 Å². The highest BCUT2D eigenvalue weighted by atomic mass is 32.2. The number of alkyl carbamates (subject to hydrolysis) is 1. The number of pyridine rings is 1. The number of benzene rings is 1. The number of halogens is 3. The second-order valence-electron chi connectivity index (χ2n) is 18.3. The molecule has 1 aromatic carbocycles. The Labute approximate surface area is 336 Å². The van der Waals surface area contributed by atoms with Gasteiger partial charge in [-0.15, -0.1) is 0 Å². The fraction of sp³-hybridized carbons (Fsp3) is 0.634. The van der Waals surface area contributed by atoms with Gasteiger partial charge in [0.1, 0.15) is 29.0 Å². The second kappa shape index (κ2) is 14.7. The zero-order valence-electron chi connectivity index (χ0n) is 33.5. The molecule has 5 aliphatic rings. The number of nitrogens with one attached hydrogen (secondary N) is 3. The van der Waals surface area contributed by atoms with E-state index in [-0.39, 0.29) is 56.4 Å². The molecule has 5 atom stereocenters. The van der Waals surface area contributed by atoms with Crippen molar-refractivity contribution in [1.29, 1.82) is 0 Å². The van der Waals surface area contributed by atoms with Crippen molar-refractivity contribution in [3.63, 3.8) is 0 Å². The lowest BCUT2D eigenvalue weighted by atomic mass is 9.87. The van der Waals surface area contributed by atoms with E-state index in [1.165, 1.54) is 11.0 Å². The molecule has 4 amide bonds. The number of hydrogen-bond acceptors (Lipinski definition) is 9. The van der Waals surface area contributed by atoms with Crippen molar-refractivity contribution < 1.29 is 50.2 Å². The van der Waals surface area contributed by atoms with E-state index in [4.69, 9.17) is 9.47 Å². The summed E-state index contributed by atoms with van der Waals surface area (Å²) in [5.74, 6) is -2.35. The molecule has 1 aromatic heterocycles. The molecular weight excluding hydrogens is 780 g/mol. The number of nitrogens with zero attached hydrogens (tertiary/aromatic N) is 2. The van der Waals surface area contributed by atoms with Crippen LogP contribution >= 0.6 is 0 Å². The summed E-state index contributed by atoms with van der Waals surface area (Å²) in [7, 11) is -4.05. The summed E-state index contributed by atoms with van der Waals surface area (Å²) in [5, 5.41) is 5.89. The van der Waals surface area contributed by atoms with Gasteiger partial charge in [0, 0.05) is 23.3 Å². The largest absolute Gasteiger partial charge is 0.483 e. The molecule has 1 saturated heterocycles. The van der Waals surface area contributed by atoms with Crippen LogP contribution in [-0.4, -0.2) is 83.2 Å². The smallest absolute Gasteiger partial charge is 0.416 e. The molecule has 3 aliphatic heterocycles. The summed E-state index contributed by atoms with van der Waals surface area (Å²) in [6.07, 6.45) is 2.64. The zero-order valence-corrected chi connectivity index (χ0v) is 34.3. The number of allylic oxidation sites excluding steroid dienone is 1. The van der Waals surface area contributed by atoms with Crippen molar-refractivity contribution >= 4 is 44.7 Å². The number of aryl methyl sites for hydroxylation is 2. The van der Waals surface area contributed by atoms with Crippen LogP contribution in [0.5, 0.6) is 5.75 Å². The molecule has 13 nitrogen and oxygen atoms in total. The highest BCUT2D eigenvalue weighted by molar-refractivity contribution is 7.91. The van der Waals surface area contributed by atoms with Crippen LogP contribution in [0.25, 0.3) is 10.9 Å². The van der Waals surface area contributed by atoms with E-state index in [0.717, 1.165) is 18.6 Å². The number of hydrogen-bond donors (Lipinski definition) is 3. The zero-order chi connectivity index (χ0) is 42.1. The van der Waals surface area contributed by atoms with Crippen molar-refractivity contribution in [1.82, 2.24) is 25.2 Å². The molecule has 17 heteroatoms. The van der Waals surface area contributed by atoms with Crippen molar-refractivity contribution in [3.05, 3.63) is 47.2 Å². The lowest BCUT2D eigenvalue weighted by molar-refractivity contribution is -0.141. The van der Waals surface area contributed by atoms with Gasteiger partial charge in [0.2, 0.25) is 21.8 Å². The Hall–Kier alpha value is -4.41. The van der Waals surface area contributed by atoms with E-state index >= 15 is 0 Å². The number of carbonyl (C=O) groups is 4. The monoisotopic (exact) mass is 831 g/mol. The van der Waals surface area contributed by atoms with Gasteiger partial charge in [-0.2, -0.15) is 13.2 Å². The van der Waals surface area contributed by atoms with Gasteiger partial charge < -0.3 is 25.0 Å². The predicted octanol–water partition coefficient (Wildman–Crippen LogP) is 5.76. The third-order valence-corrected chi connectivity index (χ3v) is 14.4. The molecule has 316 valence electrons. The molecule has 5 unspecified atom stereocenters. The highest BCUT2D eigenvalue weighted by Gasteiger charge is 2.64. The summed E-state index contributed by atoms with van der Waals surface area (Å²) in [5.41, 5.74) is -2.63. The van der Waals surface area contributed by atoms with Crippen LogP contribution in [-0.2, 0) is 41.7 Å². The lowest BCUT2D eigenvalue weighted by Crippen LogP contribution is -2.58. The minimum atomic E-state index is -4.58. The Kier molecular flexibility index (Phi) is 10.6. The second-order valence-corrected chi connectivity index (χ2v) is 20.5. The number of aromatic nitrogens is 1. The van der Waals surface area contributed by atoms with Crippen LogP contribution in [0.15, 0.2) is 30.4 Å². The first-order valence-corrected chi connectivity index (χ1v) is 21.5. The Balaban J connectivity index is 1.24. The standard InChI is InChI=1S/C41H52F3N5O8S/c1-24-32-27(28-19-25(41(42,43)44)13-14-29(28)45-24)15-16-39(57-32)21-31-33(50)47-40(35(52)48-58(54,55)38(5)17-18-38)20-26(40)11-9-7-6-8-10-12-30(34(51)49(31)22-39)46-36(53)56-23-37(2,3)4/h9,11,13-14,19,26,30-31H,6-8,10,12,15-18,20-23H2,1-5H3,(H,46,53)(H,47,50)(H,48,52). The minimum Gasteiger partial charge on any atom is -0.483 e. The third kappa shape index (κ3) is 8.24. The van der Waals surface area contributed by atoms with Gasteiger partial charge in [0.15, 0.2) is 0 Å². The molecule has 7 rings (SSSR count). The predicted molar refractivity (Wildman–Crippen MR) is 207 cm³/mol. The topological polar surface area (TPSA) is 173 Å². The molecule has 2 saturated carbocycles. The first-order chi connectivity index (χ1) is 27.1. The summed E-state index contributed by atoms with van der Waals surface area (Å²) < 4.78 is 81.1. The van der Waals surface area contributed by atoms with Crippen molar-refractivity contribution in [2.24, 2.45) is 11.3 Å². The molecule has 3 N–H and O–H groups in total. The fourth-order valence-corrected chi connectivity index (χ4v) is 9.65. The SMILES string of the molecule is Cc1nc2ccc(C(F)(F)F)cc2c2c1OC1(CC2)CC2C(=O)NC3(C(=O)NS(=O)(=O)C4(C)CC4)CC3C=CCCCCCC(NC(=O)OCC(C)(C)C)C(=O)N2C1. The molecule has 4 heterocycles. The van der Waals surface area contributed by atoms with Gasteiger partial charge in [-0.3, -0.25) is 19.1 Å². The molecule has 58 heavy (non-hydrogen) atoms. The van der Waals surface area contributed by atoms with Crippen LogP contribution in [0, 0.1) is 18.3 Å². The molecular formula is C41H52F3N5O8S. The molecule has 2 aromatic rings. The van der Waals surface area contributed by atoms with Crippen LogP contribution < -0.4 is 20.1 Å². The van der Waals surface area contributed by atoms with Gasteiger partial charge >= 0.3 is 12.3 Å². The van der Waals surface area contributed by atoms with Gasteiger partial charge in [-0.1, -0.05) is 45.8 Å². The maximum Gasteiger partial charge on any atom is 0.416 e. The normalized spacial score (nSPS) is 28.6. The Morgan fingerprint density at radius 3 is 2.52 bits per heavy atom. The number of rotatable bonds is 5. The number of alkyl halides is 3. The van der Waals surface area contributed by atoms with Crippen LogP contribution in [0.3, 0.4) is 0 Å². The quantitative estimate of drug-likeness (QED) is 0.317. The first-order valence-electron chi connectivity index (χ1n) is 20.0. The minimum absolute atomic E-state index is 0.0557.